The zero-order chi connectivity index (χ0) is 22.4. The number of nitrogens with zero attached hydrogens (tertiary/aromatic N) is 1. The Morgan fingerprint density at radius 3 is 2.55 bits per heavy atom. The number of amides is 1. The molecule has 162 valence electrons. The maximum atomic E-state index is 12.6. The number of rotatable bonds is 9. The van der Waals surface area contributed by atoms with E-state index < -0.39 is 0 Å². The molecule has 1 fully saturated rings. The molecular weight excluding hydrogens is 454 g/mol. The van der Waals surface area contributed by atoms with Gasteiger partial charge in [0.1, 0.15) is 23.3 Å². The average molecular weight is 476 g/mol. The summed E-state index contributed by atoms with van der Waals surface area (Å²) in [6, 6.07) is 11.0. The summed E-state index contributed by atoms with van der Waals surface area (Å²) in [5.74, 6) is 1.76. The number of thiocarbonyl (C=S) groups is 1. The van der Waals surface area contributed by atoms with Crippen LogP contribution in [-0.4, -0.2) is 42.0 Å². The van der Waals surface area contributed by atoms with Crippen molar-refractivity contribution in [3.05, 3.63) is 70.1 Å². The van der Waals surface area contributed by atoms with Crippen molar-refractivity contribution in [2.45, 2.75) is 6.92 Å². The highest BCUT2D eigenvalue weighted by Crippen LogP contribution is 2.35. The molecule has 0 aliphatic carbocycles. The maximum Gasteiger partial charge on any atom is 0.266 e. The lowest BCUT2D eigenvalue weighted by Gasteiger charge is -2.13. The summed E-state index contributed by atoms with van der Waals surface area (Å²) < 4.78 is 17.5. The van der Waals surface area contributed by atoms with Crippen LogP contribution in [0.3, 0.4) is 0 Å². The second-order valence-corrected chi connectivity index (χ2v) is 8.73. The van der Waals surface area contributed by atoms with Crippen LogP contribution in [0, 0.1) is 6.92 Å². The lowest BCUT2D eigenvalue weighted by Crippen LogP contribution is -2.27. The Hall–Kier alpha value is -2.48. The topological polar surface area (TPSA) is 48.0 Å². The Bertz CT molecular complexity index is 1040. The molecule has 2 aromatic carbocycles. The second kappa shape index (κ2) is 10.7. The molecule has 1 aliphatic heterocycles. The molecule has 1 amide bonds. The Labute approximate surface area is 196 Å². The van der Waals surface area contributed by atoms with Crippen molar-refractivity contribution < 1.29 is 19.0 Å². The molecule has 31 heavy (non-hydrogen) atoms. The van der Waals surface area contributed by atoms with Gasteiger partial charge in [-0.25, -0.2) is 0 Å². The van der Waals surface area contributed by atoms with Crippen LogP contribution in [0.1, 0.15) is 11.1 Å². The van der Waals surface area contributed by atoms with Crippen LogP contribution < -0.4 is 14.2 Å². The van der Waals surface area contributed by atoms with Gasteiger partial charge >= 0.3 is 0 Å². The highest BCUT2D eigenvalue weighted by Gasteiger charge is 2.31. The molecule has 0 unspecified atom stereocenters. The quantitative estimate of drug-likeness (QED) is 0.206. The van der Waals surface area contributed by atoms with E-state index in [0.717, 1.165) is 5.56 Å². The molecule has 5 nitrogen and oxygen atoms in total. The SMILES string of the molecule is C=CCN1C(=O)/C(=C/c2cc(Cl)ccc2OCCOc2ccc(C)cc2OC)SC1=S. The standard InChI is InChI=1S/C23H22ClNO4S2/c1-4-9-25-22(26)21(31-23(25)30)14-16-13-17(24)6-8-18(16)28-10-11-29-19-7-5-15(2)12-20(19)27-3/h4-8,12-14H,1,9-11H2,2-3H3/b21-14-. The summed E-state index contributed by atoms with van der Waals surface area (Å²) in [7, 11) is 1.61. The van der Waals surface area contributed by atoms with E-state index in [0.29, 0.717) is 56.8 Å². The molecule has 0 radical (unpaired) electrons. The number of ether oxygens (including phenoxy) is 3. The first kappa shape index (κ1) is 23.2. The number of benzene rings is 2. The molecule has 1 saturated heterocycles. The van der Waals surface area contributed by atoms with Crippen LogP contribution in [0.5, 0.6) is 17.2 Å². The summed E-state index contributed by atoms with van der Waals surface area (Å²) >= 11 is 12.7. The van der Waals surface area contributed by atoms with E-state index in [1.54, 1.807) is 37.5 Å². The fraction of sp³-hybridized carbons (Fsp3) is 0.217. The smallest absolute Gasteiger partial charge is 0.266 e. The second-order valence-electron chi connectivity index (χ2n) is 6.61. The molecule has 0 atom stereocenters. The lowest BCUT2D eigenvalue weighted by atomic mass is 10.2. The zero-order valence-electron chi connectivity index (χ0n) is 17.2. The fourth-order valence-corrected chi connectivity index (χ4v) is 4.34. The highest BCUT2D eigenvalue weighted by molar-refractivity contribution is 8.26. The molecule has 2 aromatic rings. The molecule has 0 spiro atoms. The van der Waals surface area contributed by atoms with E-state index in [-0.39, 0.29) is 5.91 Å². The average Bonchev–Trinajstić information content (AvgIpc) is 3.01. The molecule has 0 saturated carbocycles. The van der Waals surface area contributed by atoms with Crippen molar-refractivity contribution in [1.29, 1.82) is 0 Å². The first-order valence-corrected chi connectivity index (χ1v) is 11.1. The number of carbonyl (C=O) groups is 1. The van der Waals surface area contributed by atoms with E-state index in [4.69, 9.17) is 38.0 Å². The number of thioether (sulfide) groups is 1. The number of hydrogen-bond acceptors (Lipinski definition) is 6. The van der Waals surface area contributed by atoms with Crippen LogP contribution in [0.4, 0.5) is 0 Å². The molecule has 3 rings (SSSR count). The Kier molecular flexibility index (Phi) is 8.01. The highest BCUT2D eigenvalue weighted by atomic mass is 35.5. The number of aryl methyl sites for hydroxylation is 1. The minimum atomic E-state index is -0.157. The van der Waals surface area contributed by atoms with E-state index in [1.807, 2.05) is 25.1 Å². The minimum Gasteiger partial charge on any atom is -0.493 e. The summed E-state index contributed by atoms with van der Waals surface area (Å²) in [5.41, 5.74) is 1.78. The van der Waals surface area contributed by atoms with E-state index >= 15 is 0 Å². The van der Waals surface area contributed by atoms with Gasteiger partial charge in [-0.15, -0.1) is 6.58 Å². The van der Waals surface area contributed by atoms with Gasteiger partial charge in [0, 0.05) is 17.1 Å². The predicted octanol–water partition coefficient (Wildman–Crippen LogP) is 5.50. The number of methoxy groups -OCH3 is 1. The molecule has 8 heteroatoms. The summed E-state index contributed by atoms with van der Waals surface area (Å²) in [6.07, 6.45) is 3.39. The van der Waals surface area contributed by atoms with Crippen LogP contribution >= 0.6 is 35.6 Å². The Morgan fingerprint density at radius 1 is 1.13 bits per heavy atom. The molecule has 0 N–H and O–H groups in total. The molecular formula is C23H22ClNO4S2. The molecule has 1 heterocycles. The van der Waals surface area contributed by atoms with Gasteiger partial charge < -0.3 is 14.2 Å². The fourth-order valence-electron chi connectivity index (χ4n) is 2.89. The van der Waals surface area contributed by atoms with Crippen molar-refractivity contribution in [1.82, 2.24) is 4.90 Å². The third kappa shape index (κ3) is 5.81. The van der Waals surface area contributed by atoms with Crippen molar-refractivity contribution in [3.8, 4) is 17.2 Å². The van der Waals surface area contributed by atoms with Gasteiger partial charge in [0.05, 0.1) is 12.0 Å². The van der Waals surface area contributed by atoms with E-state index in [9.17, 15) is 4.79 Å². The van der Waals surface area contributed by atoms with Gasteiger partial charge in [-0.3, -0.25) is 9.69 Å². The molecule has 1 aliphatic rings. The lowest BCUT2D eigenvalue weighted by molar-refractivity contribution is -0.121. The van der Waals surface area contributed by atoms with Crippen molar-refractivity contribution in [2.24, 2.45) is 0 Å². The monoisotopic (exact) mass is 475 g/mol. The number of carbonyl (C=O) groups excluding carboxylic acids is 1. The van der Waals surface area contributed by atoms with Crippen LogP contribution in [-0.2, 0) is 4.79 Å². The summed E-state index contributed by atoms with van der Waals surface area (Å²) in [6.45, 7) is 6.66. The predicted molar refractivity (Wildman–Crippen MR) is 130 cm³/mol. The first-order chi connectivity index (χ1) is 14.9. The minimum absolute atomic E-state index is 0.157. The largest absolute Gasteiger partial charge is 0.493 e. The van der Waals surface area contributed by atoms with E-state index in [2.05, 4.69) is 6.58 Å². The Balaban J connectivity index is 1.69. The van der Waals surface area contributed by atoms with Gasteiger partial charge in [0.25, 0.3) is 5.91 Å². The first-order valence-electron chi connectivity index (χ1n) is 9.49. The van der Waals surface area contributed by atoms with Crippen molar-refractivity contribution in [3.63, 3.8) is 0 Å². The molecule has 0 aromatic heterocycles. The summed E-state index contributed by atoms with van der Waals surface area (Å²) in [4.78, 5) is 14.6. The zero-order valence-corrected chi connectivity index (χ0v) is 19.6. The van der Waals surface area contributed by atoms with Gasteiger partial charge in [0.15, 0.2) is 11.5 Å². The van der Waals surface area contributed by atoms with E-state index in [1.165, 1.54) is 16.7 Å². The van der Waals surface area contributed by atoms with Crippen LogP contribution in [0.2, 0.25) is 5.02 Å². The van der Waals surface area contributed by atoms with Crippen molar-refractivity contribution >= 4 is 51.9 Å². The van der Waals surface area contributed by atoms with Crippen molar-refractivity contribution in [2.75, 3.05) is 26.9 Å². The Morgan fingerprint density at radius 2 is 1.84 bits per heavy atom. The normalized spacial score (nSPS) is 14.8. The number of hydrogen-bond donors (Lipinski definition) is 0. The maximum absolute atomic E-state index is 12.6. The summed E-state index contributed by atoms with van der Waals surface area (Å²) in [5, 5.41) is 0.542. The third-order valence-electron chi connectivity index (χ3n) is 4.36. The third-order valence-corrected chi connectivity index (χ3v) is 5.97. The van der Waals surface area contributed by atoms with Gasteiger partial charge in [-0.1, -0.05) is 47.7 Å². The van der Waals surface area contributed by atoms with Gasteiger partial charge in [0.2, 0.25) is 0 Å². The van der Waals surface area contributed by atoms with Crippen LogP contribution in [0.25, 0.3) is 6.08 Å². The van der Waals surface area contributed by atoms with Gasteiger partial charge in [-0.05, 0) is 48.9 Å². The van der Waals surface area contributed by atoms with Gasteiger partial charge in [-0.2, -0.15) is 0 Å². The molecule has 0 bridgehead atoms. The number of halogens is 1. The van der Waals surface area contributed by atoms with Crippen LogP contribution in [0.15, 0.2) is 54.0 Å².